The zero-order valence-electron chi connectivity index (χ0n) is 14.7. The molecule has 0 aliphatic carbocycles. The molecule has 1 saturated heterocycles. The lowest BCUT2D eigenvalue weighted by Gasteiger charge is -2.28. The van der Waals surface area contributed by atoms with Crippen molar-refractivity contribution in [1.82, 2.24) is 0 Å². The lowest BCUT2D eigenvalue weighted by atomic mass is 10.2. The molecule has 5 nitrogen and oxygen atoms in total. The number of ether oxygens (including phenoxy) is 1. The fraction of sp³-hybridized carbons (Fsp3) is 0.350. The second-order valence-corrected chi connectivity index (χ2v) is 6.49. The van der Waals surface area contributed by atoms with E-state index in [-0.39, 0.29) is 5.91 Å². The normalized spacial score (nSPS) is 15.6. The summed E-state index contributed by atoms with van der Waals surface area (Å²) in [6.07, 6.45) is 0. The Hall–Kier alpha value is -2.37. The Bertz CT molecular complexity index is 667. The average Bonchev–Trinajstić information content (AvgIpc) is 2.63. The lowest BCUT2D eigenvalue weighted by molar-refractivity contribution is -0.885. The van der Waals surface area contributed by atoms with Crippen LogP contribution in [0.3, 0.4) is 0 Å². The van der Waals surface area contributed by atoms with Crippen LogP contribution in [0.2, 0.25) is 0 Å². The van der Waals surface area contributed by atoms with Crippen molar-refractivity contribution in [3.63, 3.8) is 0 Å². The molecule has 25 heavy (non-hydrogen) atoms. The predicted molar refractivity (Wildman–Crippen MR) is 100 cm³/mol. The first kappa shape index (κ1) is 17.5. The van der Waals surface area contributed by atoms with Crippen molar-refractivity contribution in [1.29, 1.82) is 0 Å². The second kappa shape index (κ2) is 8.65. The first-order valence-corrected chi connectivity index (χ1v) is 8.78. The van der Waals surface area contributed by atoms with Gasteiger partial charge in [0.05, 0.1) is 20.3 Å². The minimum atomic E-state index is 0.0348. The predicted octanol–water partition coefficient (Wildman–Crippen LogP) is 1.18. The number of likely N-dealkylation sites (N-methyl/N-ethyl adjacent to an activating group) is 1. The summed E-state index contributed by atoms with van der Waals surface area (Å²) in [4.78, 5) is 15.7. The molecule has 2 N–H and O–H groups in total. The molecule has 2 aromatic rings. The van der Waals surface area contributed by atoms with E-state index in [0.29, 0.717) is 6.54 Å². The number of carbonyl (C=O) groups is 1. The third-order valence-corrected chi connectivity index (χ3v) is 4.34. The van der Waals surface area contributed by atoms with Crippen molar-refractivity contribution in [2.75, 3.05) is 50.1 Å². The van der Waals surface area contributed by atoms with Gasteiger partial charge in [-0.25, -0.2) is 0 Å². The fourth-order valence-corrected chi connectivity index (χ4v) is 3.06. The van der Waals surface area contributed by atoms with E-state index in [1.807, 2.05) is 37.4 Å². The van der Waals surface area contributed by atoms with Crippen molar-refractivity contribution in [3.05, 3.63) is 60.2 Å². The molecule has 1 amide bonds. The minimum absolute atomic E-state index is 0.0348. The molecule has 132 valence electrons. The Labute approximate surface area is 149 Å². The number of hydrogen-bond donors (Lipinski definition) is 2. The molecule has 1 aliphatic rings. The number of quaternary nitrogens is 1. The first-order valence-electron chi connectivity index (χ1n) is 8.78. The number of nitrogens with zero attached hydrogens (tertiary/aromatic N) is 1. The summed E-state index contributed by atoms with van der Waals surface area (Å²) in [5.41, 5.74) is 3.25. The zero-order valence-corrected chi connectivity index (χ0v) is 14.7. The highest BCUT2D eigenvalue weighted by Crippen LogP contribution is 2.18. The molecule has 1 fully saturated rings. The number of benzene rings is 2. The summed E-state index contributed by atoms with van der Waals surface area (Å²) in [5.74, 6) is 0.0348. The van der Waals surface area contributed by atoms with Gasteiger partial charge in [-0.15, -0.1) is 0 Å². The maximum Gasteiger partial charge on any atom is 0.279 e. The summed E-state index contributed by atoms with van der Waals surface area (Å²) in [5, 5.41) is 2.99. The van der Waals surface area contributed by atoms with Gasteiger partial charge in [0.2, 0.25) is 0 Å². The Kier molecular flexibility index (Phi) is 6.04. The Morgan fingerprint density at radius 1 is 1.08 bits per heavy atom. The number of nitrogens with one attached hydrogen (secondary N) is 2. The number of amides is 1. The van der Waals surface area contributed by atoms with E-state index in [1.54, 1.807) is 0 Å². The van der Waals surface area contributed by atoms with Gasteiger partial charge < -0.3 is 19.9 Å². The molecule has 3 rings (SSSR count). The van der Waals surface area contributed by atoms with Crippen molar-refractivity contribution in [2.45, 2.75) is 6.54 Å². The fourth-order valence-electron chi connectivity index (χ4n) is 3.06. The quantitative estimate of drug-likeness (QED) is 0.830. The van der Waals surface area contributed by atoms with Gasteiger partial charge in [0.15, 0.2) is 6.54 Å². The number of rotatable bonds is 6. The number of anilines is 2. The molecule has 0 bridgehead atoms. The summed E-state index contributed by atoms with van der Waals surface area (Å²) < 4.78 is 5.38. The van der Waals surface area contributed by atoms with Crippen LogP contribution in [-0.4, -0.2) is 45.8 Å². The van der Waals surface area contributed by atoms with Gasteiger partial charge >= 0.3 is 0 Å². The highest BCUT2D eigenvalue weighted by Gasteiger charge is 2.13. The molecule has 0 spiro atoms. The van der Waals surface area contributed by atoms with E-state index < -0.39 is 0 Å². The second-order valence-electron chi connectivity index (χ2n) is 6.49. The molecule has 1 unspecified atom stereocenters. The molecular weight excluding hydrogens is 314 g/mol. The van der Waals surface area contributed by atoms with Gasteiger partial charge in [0.25, 0.3) is 5.91 Å². The largest absolute Gasteiger partial charge is 0.378 e. The Morgan fingerprint density at radius 2 is 1.76 bits per heavy atom. The van der Waals surface area contributed by atoms with Gasteiger partial charge in [-0.2, -0.15) is 0 Å². The van der Waals surface area contributed by atoms with E-state index in [2.05, 4.69) is 34.5 Å². The molecule has 2 aromatic carbocycles. The van der Waals surface area contributed by atoms with Gasteiger partial charge in [-0.3, -0.25) is 4.79 Å². The van der Waals surface area contributed by atoms with Crippen LogP contribution in [0.25, 0.3) is 0 Å². The van der Waals surface area contributed by atoms with Crippen LogP contribution in [0.15, 0.2) is 54.6 Å². The van der Waals surface area contributed by atoms with Gasteiger partial charge in [-0.05, 0) is 24.3 Å². The van der Waals surface area contributed by atoms with Crippen LogP contribution in [0, 0.1) is 0 Å². The number of morpholine rings is 1. The van der Waals surface area contributed by atoms with Crippen LogP contribution in [0.4, 0.5) is 11.4 Å². The van der Waals surface area contributed by atoms with Crippen LogP contribution >= 0.6 is 0 Å². The number of carbonyl (C=O) groups excluding carboxylic acids is 1. The van der Waals surface area contributed by atoms with E-state index in [4.69, 9.17) is 4.74 Å². The van der Waals surface area contributed by atoms with E-state index >= 15 is 0 Å². The maximum absolute atomic E-state index is 12.2. The van der Waals surface area contributed by atoms with Crippen LogP contribution in [0.5, 0.6) is 0 Å². The number of hydrogen-bond acceptors (Lipinski definition) is 3. The summed E-state index contributed by atoms with van der Waals surface area (Å²) in [7, 11) is 2.04. The van der Waals surface area contributed by atoms with E-state index in [9.17, 15) is 4.79 Å². The van der Waals surface area contributed by atoms with Crippen LogP contribution in [-0.2, 0) is 16.1 Å². The van der Waals surface area contributed by atoms with Crippen LogP contribution in [0.1, 0.15) is 5.56 Å². The van der Waals surface area contributed by atoms with Crippen molar-refractivity contribution >= 4 is 17.3 Å². The van der Waals surface area contributed by atoms with E-state index in [1.165, 1.54) is 11.3 Å². The maximum atomic E-state index is 12.2. The molecule has 5 heteroatoms. The van der Waals surface area contributed by atoms with Crippen molar-refractivity contribution in [3.8, 4) is 0 Å². The highest BCUT2D eigenvalue weighted by molar-refractivity contribution is 5.91. The summed E-state index contributed by atoms with van der Waals surface area (Å²) in [6.45, 7) is 4.66. The SMILES string of the molecule is C[NH+](CC(=O)Nc1ccc(N2CCOCC2)cc1)Cc1ccccc1. The molecule has 1 atom stereocenters. The topological polar surface area (TPSA) is 46.0 Å². The summed E-state index contributed by atoms with van der Waals surface area (Å²) >= 11 is 0. The molecule has 0 saturated carbocycles. The van der Waals surface area contributed by atoms with Crippen molar-refractivity contribution < 1.29 is 14.4 Å². The molecule has 0 aromatic heterocycles. The monoisotopic (exact) mass is 340 g/mol. The minimum Gasteiger partial charge on any atom is -0.378 e. The average molecular weight is 340 g/mol. The molecule has 1 heterocycles. The van der Waals surface area contributed by atoms with Crippen LogP contribution < -0.4 is 15.1 Å². The molecule has 1 aliphatic heterocycles. The molecular formula is C20H26N3O2+. The van der Waals surface area contributed by atoms with Gasteiger partial charge in [0.1, 0.15) is 6.54 Å². The standard InChI is InChI=1S/C20H25N3O2/c1-22(15-17-5-3-2-4-6-17)16-20(24)21-18-7-9-19(10-8-18)23-11-13-25-14-12-23/h2-10H,11-16H2,1H3,(H,21,24)/p+1. The third-order valence-electron chi connectivity index (χ3n) is 4.34. The Balaban J connectivity index is 1.48. The van der Waals surface area contributed by atoms with Gasteiger partial charge in [0, 0.05) is 30.0 Å². The third kappa shape index (κ3) is 5.31. The van der Waals surface area contributed by atoms with Crippen molar-refractivity contribution in [2.24, 2.45) is 0 Å². The van der Waals surface area contributed by atoms with E-state index in [0.717, 1.165) is 43.4 Å². The van der Waals surface area contributed by atoms with Gasteiger partial charge in [-0.1, -0.05) is 30.3 Å². The lowest BCUT2D eigenvalue weighted by Crippen LogP contribution is -3.08. The summed E-state index contributed by atoms with van der Waals surface area (Å²) in [6, 6.07) is 18.3. The highest BCUT2D eigenvalue weighted by atomic mass is 16.5. The zero-order chi connectivity index (χ0) is 17.5. The smallest absolute Gasteiger partial charge is 0.279 e. The first-order chi connectivity index (χ1) is 12.2. The molecule has 0 radical (unpaired) electrons. The Morgan fingerprint density at radius 3 is 2.44 bits per heavy atom.